The Labute approximate surface area is 191 Å². The van der Waals surface area contributed by atoms with Crippen LogP contribution in [0.15, 0.2) is 36.7 Å². The number of rotatable bonds is 3. The summed E-state index contributed by atoms with van der Waals surface area (Å²) in [6, 6.07) is 5.89. The molecule has 3 aliphatic rings. The van der Waals surface area contributed by atoms with Crippen LogP contribution >= 0.6 is 0 Å². The van der Waals surface area contributed by atoms with E-state index in [2.05, 4.69) is 14.9 Å². The van der Waals surface area contributed by atoms with E-state index < -0.39 is 11.7 Å². The molecule has 0 aliphatic carbocycles. The number of amides is 1. The van der Waals surface area contributed by atoms with Crippen molar-refractivity contribution in [1.29, 1.82) is 0 Å². The maximum absolute atomic E-state index is 13.4. The summed E-state index contributed by atoms with van der Waals surface area (Å²) in [6.45, 7) is 4.54. The van der Waals surface area contributed by atoms with Crippen molar-refractivity contribution in [3.63, 3.8) is 0 Å². The highest BCUT2D eigenvalue weighted by Crippen LogP contribution is 2.41. The molecule has 3 fully saturated rings. The molecule has 0 radical (unpaired) electrons. The highest BCUT2D eigenvalue weighted by Gasteiger charge is 2.44. The Hall–Kier alpha value is -2.55. The van der Waals surface area contributed by atoms with E-state index in [1.165, 1.54) is 16.8 Å². The highest BCUT2D eigenvalue weighted by molar-refractivity contribution is 5.75. The standard InChI is InChI=1S/C24H30F3N5O/c25-24(26,27)20-6-5-19(21(17-20)29-11-1-2-12-29)18-31-13-3-7-23(31)8-15-30(16-9-23)22(33)32-14-4-10-28-32/h4-6,10,14,17H,1-3,7-9,11-13,15-16,18H2. The first kappa shape index (κ1) is 22.3. The molecule has 1 aromatic carbocycles. The fourth-order valence-corrected chi connectivity index (χ4v) is 5.78. The summed E-state index contributed by atoms with van der Waals surface area (Å²) in [5.74, 6) is 0. The fourth-order valence-electron chi connectivity index (χ4n) is 5.78. The minimum atomic E-state index is -4.34. The van der Waals surface area contributed by atoms with Gasteiger partial charge in [-0.15, -0.1) is 0 Å². The van der Waals surface area contributed by atoms with Crippen molar-refractivity contribution >= 4 is 11.7 Å². The number of halogens is 3. The van der Waals surface area contributed by atoms with E-state index in [-0.39, 0.29) is 11.6 Å². The lowest BCUT2D eigenvalue weighted by atomic mass is 9.84. The number of nitrogens with zero attached hydrogens (tertiary/aromatic N) is 5. The lowest BCUT2D eigenvalue weighted by molar-refractivity contribution is -0.137. The number of piperidine rings is 1. The molecule has 178 valence electrons. The number of carbonyl (C=O) groups is 1. The van der Waals surface area contributed by atoms with Crippen LogP contribution in [0, 0.1) is 0 Å². The Morgan fingerprint density at radius 3 is 2.42 bits per heavy atom. The molecule has 1 amide bonds. The maximum atomic E-state index is 13.4. The highest BCUT2D eigenvalue weighted by atomic mass is 19.4. The van der Waals surface area contributed by atoms with Crippen molar-refractivity contribution in [2.75, 3.05) is 37.6 Å². The zero-order valence-corrected chi connectivity index (χ0v) is 18.7. The van der Waals surface area contributed by atoms with Crippen LogP contribution in [0.5, 0.6) is 0 Å². The molecule has 5 rings (SSSR count). The van der Waals surface area contributed by atoms with Gasteiger partial charge in [0.1, 0.15) is 0 Å². The van der Waals surface area contributed by atoms with Gasteiger partial charge in [-0.05, 0) is 68.8 Å². The maximum Gasteiger partial charge on any atom is 0.416 e. The van der Waals surface area contributed by atoms with E-state index in [1.807, 2.05) is 4.90 Å². The Morgan fingerprint density at radius 1 is 1.00 bits per heavy atom. The topological polar surface area (TPSA) is 44.6 Å². The number of anilines is 1. The van der Waals surface area contributed by atoms with Gasteiger partial charge in [0.05, 0.1) is 5.56 Å². The third kappa shape index (κ3) is 4.35. The van der Waals surface area contributed by atoms with Gasteiger partial charge in [-0.2, -0.15) is 23.0 Å². The summed E-state index contributed by atoms with van der Waals surface area (Å²) in [7, 11) is 0. The average Bonchev–Trinajstić information content (AvgIpc) is 3.57. The van der Waals surface area contributed by atoms with Gasteiger partial charge >= 0.3 is 12.2 Å². The molecule has 2 aromatic rings. The van der Waals surface area contributed by atoms with Crippen molar-refractivity contribution in [2.24, 2.45) is 0 Å². The molecule has 0 N–H and O–H groups in total. The van der Waals surface area contributed by atoms with Gasteiger partial charge in [-0.3, -0.25) is 4.90 Å². The van der Waals surface area contributed by atoms with Gasteiger partial charge in [0.2, 0.25) is 0 Å². The van der Waals surface area contributed by atoms with E-state index in [4.69, 9.17) is 0 Å². The summed E-state index contributed by atoms with van der Waals surface area (Å²) < 4.78 is 41.6. The Kier molecular flexibility index (Phi) is 5.84. The predicted molar refractivity (Wildman–Crippen MR) is 119 cm³/mol. The molecule has 4 heterocycles. The number of likely N-dealkylation sites (tertiary alicyclic amines) is 2. The van der Waals surface area contributed by atoms with Gasteiger partial charge < -0.3 is 9.80 Å². The van der Waals surface area contributed by atoms with Crippen LogP contribution in [0.1, 0.15) is 49.7 Å². The number of hydrogen-bond acceptors (Lipinski definition) is 4. The zero-order valence-electron chi connectivity index (χ0n) is 18.7. The van der Waals surface area contributed by atoms with Crippen LogP contribution in [0.2, 0.25) is 0 Å². The summed E-state index contributed by atoms with van der Waals surface area (Å²) in [4.78, 5) is 19.1. The molecule has 33 heavy (non-hydrogen) atoms. The molecule has 1 aromatic heterocycles. The van der Waals surface area contributed by atoms with Crippen molar-refractivity contribution < 1.29 is 18.0 Å². The molecule has 9 heteroatoms. The van der Waals surface area contributed by atoms with Crippen LogP contribution in [-0.4, -0.2) is 63.9 Å². The number of alkyl halides is 3. The van der Waals surface area contributed by atoms with Crippen LogP contribution < -0.4 is 4.90 Å². The van der Waals surface area contributed by atoms with E-state index in [1.54, 1.807) is 24.5 Å². The average molecular weight is 462 g/mol. The summed E-state index contributed by atoms with van der Waals surface area (Å²) in [5.41, 5.74) is 1.14. The predicted octanol–water partition coefficient (Wildman–Crippen LogP) is 4.60. The number of aromatic nitrogens is 2. The minimum Gasteiger partial charge on any atom is -0.371 e. The summed E-state index contributed by atoms with van der Waals surface area (Å²) in [5, 5.41) is 4.05. The molecule has 0 atom stereocenters. The zero-order chi connectivity index (χ0) is 23.1. The second-order valence-electron chi connectivity index (χ2n) is 9.51. The molecule has 3 aliphatic heterocycles. The SMILES string of the molecule is O=C(N1CCC2(CCCN2Cc2ccc(C(F)(F)F)cc2N2CCCC2)CC1)n1cccn1. The van der Waals surface area contributed by atoms with Crippen LogP contribution in [0.25, 0.3) is 0 Å². The monoisotopic (exact) mass is 461 g/mol. The second-order valence-corrected chi connectivity index (χ2v) is 9.51. The molecule has 0 bridgehead atoms. The Morgan fingerprint density at radius 2 is 1.76 bits per heavy atom. The van der Waals surface area contributed by atoms with Crippen molar-refractivity contribution in [3.8, 4) is 0 Å². The largest absolute Gasteiger partial charge is 0.416 e. The van der Waals surface area contributed by atoms with Gasteiger partial charge in [0.25, 0.3) is 0 Å². The van der Waals surface area contributed by atoms with E-state index in [0.29, 0.717) is 19.6 Å². The van der Waals surface area contributed by atoms with Crippen LogP contribution in [0.4, 0.5) is 23.7 Å². The fraction of sp³-hybridized carbons (Fsp3) is 0.583. The Balaban J connectivity index is 1.33. The summed E-state index contributed by atoms with van der Waals surface area (Å²) >= 11 is 0. The van der Waals surface area contributed by atoms with Crippen LogP contribution in [-0.2, 0) is 12.7 Å². The molecule has 6 nitrogen and oxygen atoms in total. The molecular weight excluding hydrogens is 431 g/mol. The molecule has 1 spiro atoms. The lowest BCUT2D eigenvalue weighted by Gasteiger charge is -2.45. The van der Waals surface area contributed by atoms with Crippen LogP contribution in [0.3, 0.4) is 0 Å². The van der Waals surface area contributed by atoms with Crippen molar-refractivity contribution in [1.82, 2.24) is 19.6 Å². The third-order valence-corrected chi connectivity index (χ3v) is 7.63. The molecule has 0 saturated carbocycles. The van der Waals surface area contributed by atoms with Gasteiger partial charge in [-0.1, -0.05) is 6.07 Å². The van der Waals surface area contributed by atoms with Crippen molar-refractivity contribution in [2.45, 2.75) is 56.8 Å². The number of carbonyl (C=O) groups excluding carboxylic acids is 1. The van der Waals surface area contributed by atoms with E-state index >= 15 is 0 Å². The second kappa shape index (κ2) is 8.66. The van der Waals surface area contributed by atoms with Gasteiger partial charge in [0.15, 0.2) is 0 Å². The smallest absolute Gasteiger partial charge is 0.371 e. The number of benzene rings is 1. The normalized spacial score (nSPS) is 21.3. The van der Waals surface area contributed by atoms with Crippen molar-refractivity contribution in [3.05, 3.63) is 47.8 Å². The lowest BCUT2D eigenvalue weighted by Crippen LogP contribution is -2.53. The van der Waals surface area contributed by atoms with E-state index in [0.717, 1.165) is 69.4 Å². The summed E-state index contributed by atoms with van der Waals surface area (Å²) in [6.07, 6.45) is 4.86. The minimum absolute atomic E-state index is 0.00583. The Bertz CT molecular complexity index is 976. The first-order valence-electron chi connectivity index (χ1n) is 11.8. The first-order chi connectivity index (χ1) is 15.9. The molecular formula is C24H30F3N5O. The quantitative estimate of drug-likeness (QED) is 0.670. The first-order valence-corrected chi connectivity index (χ1v) is 11.8. The molecule has 0 unspecified atom stereocenters. The third-order valence-electron chi connectivity index (χ3n) is 7.63. The van der Waals surface area contributed by atoms with E-state index in [9.17, 15) is 18.0 Å². The number of hydrogen-bond donors (Lipinski definition) is 0. The van der Waals surface area contributed by atoms with Gasteiger partial charge in [0, 0.05) is 56.3 Å². The molecule has 3 saturated heterocycles. The van der Waals surface area contributed by atoms with Gasteiger partial charge in [-0.25, -0.2) is 4.79 Å².